The van der Waals surface area contributed by atoms with Gasteiger partial charge < -0.3 is 14.4 Å². The first-order valence-electron chi connectivity index (χ1n) is 10.1. The van der Waals surface area contributed by atoms with E-state index in [-0.39, 0.29) is 23.2 Å². The molecule has 0 atom stereocenters. The van der Waals surface area contributed by atoms with Crippen LogP contribution in [0.3, 0.4) is 0 Å². The molecule has 0 saturated carbocycles. The lowest BCUT2D eigenvalue weighted by atomic mass is 10.2. The zero-order chi connectivity index (χ0) is 24.5. The van der Waals surface area contributed by atoms with Crippen molar-refractivity contribution in [3.63, 3.8) is 0 Å². The molecule has 1 amide bonds. The molecule has 0 radical (unpaired) electrons. The Labute approximate surface area is 207 Å². The molecule has 3 aromatic carbocycles. The number of rotatable bonds is 6. The zero-order valence-electron chi connectivity index (χ0n) is 17.9. The second kappa shape index (κ2) is 9.55. The van der Waals surface area contributed by atoms with Crippen LogP contribution in [0.5, 0.6) is 17.2 Å². The third kappa shape index (κ3) is 5.28. The first-order valence-corrected chi connectivity index (χ1v) is 12.7. The molecule has 0 N–H and O–H groups in total. The van der Waals surface area contributed by atoms with Crippen molar-refractivity contribution in [3.05, 3.63) is 75.8 Å². The summed E-state index contributed by atoms with van der Waals surface area (Å²) in [6, 6.07) is 16.1. The van der Waals surface area contributed by atoms with Crippen LogP contribution in [0, 0.1) is 11.3 Å². The summed E-state index contributed by atoms with van der Waals surface area (Å²) in [5.41, 5.74) is 1.82. The molecular formula is C24H18Cl2N2O5S. The predicted octanol–water partition coefficient (Wildman–Crippen LogP) is 5.03. The molecule has 0 fully saturated rings. The van der Waals surface area contributed by atoms with Gasteiger partial charge in [-0.15, -0.1) is 0 Å². The van der Waals surface area contributed by atoms with Crippen molar-refractivity contribution in [2.45, 2.75) is 11.3 Å². The summed E-state index contributed by atoms with van der Waals surface area (Å²) in [7, 11) is -3.32. The van der Waals surface area contributed by atoms with E-state index in [1.54, 1.807) is 41.3 Å². The van der Waals surface area contributed by atoms with Gasteiger partial charge in [-0.1, -0.05) is 23.2 Å². The van der Waals surface area contributed by atoms with Gasteiger partial charge in [0.2, 0.25) is 0 Å². The maximum atomic E-state index is 12.8. The van der Waals surface area contributed by atoms with E-state index < -0.39 is 9.84 Å². The van der Waals surface area contributed by atoms with E-state index in [9.17, 15) is 13.2 Å². The van der Waals surface area contributed by atoms with Crippen molar-refractivity contribution in [2.24, 2.45) is 0 Å². The minimum Gasteiger partial charge on any atom is -0.484 e. The number of nitriles is 1. The van der Waals surface area contributed by atoms with Gasteiger partial charge in [0.25, 0.3) is 5.91 Å². The van der Waals surface area contributed by atoms with Gasteiger partial charge >= 0.3 is 0 Å². The maximum absolute atomic E-state index is 12.8. The first-order chi connectivity index (χ1) is 16.1. The van der Waals surface area contributed by atoms with E-state index >= 15 is 0 Å². The minimum absolute atomic E-state index is 0.229. The van der Waals surface area contributed by atoms with Crippen LogP contribution in [-0.2, 0) is 21.1 Å². The standard InChI is InChI=1S/C24H18Cl2N2O5S/c1-34(30,31)20-3-5-22-16(10-20)6-7-28(22)24(29)14-32-18-2-4-21(26)23(12-18)33-19-9-15(13-27)8-17(25)11-19/h2-5,8-12H,6-7,14H2,1H3. The van der Waals surface area contributed by atoms with Crippen molar-refractivity contribution >= 4 is 44.6 Å². The highest BCUT2D eigenvalue weighted by molar-refractivity contribution is 7.90. The second-order valence-corrected chi connectivity index (χ2v) is 10.5. The Bertz CT molecular complexity index is 1430. The highest BCUT2D eigenvalue weighted by Gasteiger charge is 2.26. The molecule has 10 heteroatoms. The largest absolute Gasteiger partial charge is 0.484 e. The summed E-state index contributed by atoms with van der Waals surface area (Å²) in [5, 5.41) is 9.76. The molecule has 0 aliphatic carbocycles. The van der Waals surface area contributed by atoms with Crippen molar-refractivity contribution < 1.29 is 22.7 Å². The lowest BCUT2D eigenvalue weighted by Crippen LogP contribution is -2.33. The Balaban J connectivity index is 1.46. The fourth-order valence-corrected chi connectivity index (χ4v) is 4.61. The number of nitrogens with zero attached hydrogens (tertiary/aromatic N) is 2. The monoisotopic (exact) mass is 516 g/mol. The van der Waals surface area contributed by atoms with Crippen molar-refractivity contribution in [2.75, 3.05) is 24.3 Å². The van der Waals surface area contributed by atoms with E-state index in [2.05, 4.69) is 0 Å². The van der Waals surface area contributed by atoms with Gasteiger partial charge in [-0.05, 0) is 60.5 Å². The molecule has 0 bridgehead atoms. The van der Waals surface area contributed by atoms with Crippen LogP contribution in [0.4, 0.5) is 5.69 Å². The van der Waals surface area contributed by atoms with Crippen LogP contribution < -0.4 is 14.4 Å². The van der Waals surface area contributed by atoms with Gasteiger partial charge in [0.05, 0.1) is 21.6 Å². The Hall–Kier alpha value is -3.25. The summed E-state index contributed by atoms with van der Waals surface area (Å²) >= 11 is 12.2. The number of carbonyl (C=O) groups is 1. The predicted molar refractivity (Wildman–Crippen MR) is 129 cm³/mol. The molecule has 7 nitrogen and oxygen atoms in total. The van der Waals surface area contributed by atoms with Gasteiger partial charge in [0.15, 0.2) is 16.4 Å². The number of hydrogen-bond donors (Lipinski definition) is 0. The van der Waals surface area contributed by atoms with Crippen molar-refractivity contribution in [3.8, 4) is 23.3 Å². The third-order valence-electron chi connectivity index (χ3n) is 5.17. The van der Waals surface area contributed by atoms with Gasteiger partial charge in [-0.25, -0.2) is 8.42 Å². The van der Waals surface area contributed by atoms with Crippen LogP contribution in [-0.4, -0.2) is 33.7 Å². The zero-order valence-corrected chi connectivity index (χ0v) is 20.2. The van der Waals surface area contributed by atoms with Crippen molar-refractivity contribution in [1.82, 2.24) is 0 Å². The molecule has 174 valence electrons. The molecule has 34 heavy (non-hydrogen) atoms. The molecule has 0 spiro atoms. The quantitative estimate of drug-likeness (QED) is 0.455. The number of sulfone groups is 1. The fraction of sp³-hybridized carbons (Fsp3) is 0.167. The summed E-state index contributed by atoms with van der Waals surface area (Å²) in [6.07, 6.45) is 1.72. The lowest BCUT2D eigenvalue weighted by molar-refractivity contribution is -0.120. The lowest BCUT2D eigenvalue weighted by Gasteiger charge is -2.18. The SMILES string of the molecule is CS(=O)(=O)c1ccc2c(c1)CCN2C(=O)COc1ccc(Cl)c(Oc2cc(Cl)cc(C#N)c2)c1. The van der Waals surface area contributed by atoms with Gasteiger partial charge in [-0.3, -0.25) is 4.79 Å². The number of hydrogen-bond acceptors (Lipinski definition) is 6. The Morgan fingerprint density at radius 1 is 1.09 bits per heavy atom. The molecule has 1 aliphatic rings. The molecular weight excluding hydrogens is 499 g/mol. The molecule has 1 heterocycles. The van der Waals surface area contributed by atoms with Crippen LogP contribution in [0.1, 0.15) is 11.1 Å². The van der Waals surface area contributed by atoms with E-state index in [4.69, 9.17) is 37.9 Å². The van der Waals surface area contributed by atoms with Crippen LogP contribution in [0.15, 0.2) is 59.5 Å². The summed E-state index contributed by atoms with van der Waals surface area (Å²) < 4.78 is 35.0. The van der Waals surface area contributed by atoms with Crippen LogP contribution in [0.2, 0.25) is 10.0 Å². The second-order valence-electron chi connectivity index (χ2n) is 7.63. The van der Waals surface area contributed by atoms with Crippen molar-refractivity contribution in [1.29, 1.82) is 5.26 Å². The number of carbonyl (C=O) groups excluding carboxylic acids is 1. The van der Waals surface area contributed by atoms with Crippen LogP contribution in [0.25, 0.3) is 0 Å². The van der Waals surface area contributed by atoms with E-state index in [0.29, 0.717) is 45.8 Å². The molecule has 0 saturated heterocycles. The Morgan fingerprint density at radius 2 is 1.88 bits per heavy atom. The average Bonchev–Trinajstić information content (AvgIpc) is 3.22. The normalized spacial score (nSPS) is 12.7. The smallest absolute Gasteiger partial charge is 0.264 e. The first kappa shape index (κ1) is 23.9. The van der Waals surface area contributed by atoms with E-state index in [1.165, 1.54) is 18.2 Å². The number of anilines is 1. The molecule has 3 aromatic rings. The molecule has 4 rings (SSSR count). The summed E-state index contributed by atoms with van der Waals surface area (Å²) in [6.45, 7) is 0.208. The van der Waals surface area contributed by atoms with Gasteiger partial charge in [0.1, 0.15) is 17.2 Å². The van der Waals surface area contributed by atoms with E-state index in [1.807, 2.05) is 6.07 Å². The van der Waals surface area contributed by atoms with Gasteiger partial charge in [0, 0.05) is 29.6 Å². The number of benzene rings is 3. The van der Waals surface area contributed by atoms with Crippen LogP contribution >= 0.6 is 23.2 Å². The minimum atomic E-state index is -3.32. The van der Waals surface area contributed by atoms with Gasteiger partial charge in [-0.2, -0.15) is 5.26 Å². The number of halogens is 2. The number of fused-ring (bicyclic) bond motifs is 1. The van der Waals surface area contributed by atoms with E-state index in [0.717, 1.165) is 11.8 Å². The number of amides is 1. The Kier molecular flexibility index (Phi) is 6.71. The summed E-state index contributed by atoms with van der Waals surface area (Å²) in [5.74, 6) is 0.706. The maximum Gasteiger partial charge on any atom is 0.264 e. The molecule has 1 aliphatic heterocycles. The highest BCUT2D eigenvalue weighted by atomic mass is 35.5. The summed E-state index contributed by atoms with van der Waals surface area (Å²) in [4.78, 5) is 14.6. The third-order valence-corrected chi connectivity index (χ3v) is 6.81. The fourth-order valence-electron chi connectivity index (χ4n) is 3.56. The number of ether oxygens (including phenoxy) is 2. The molecule has 0 unspecified atom stereocenters. The topological polar surface area (TPSA) is 96.7 Å². The average molecular weight is 517 g/mol. The Morgan fingerprint density at radius 3 is 2.62 bits per heavy atom. The highest BCUT2D eigenvalue weighted by Crippen LogP contribution is 2.35. The molecule has 0 aromatic heterocycles.